The predicted molar refractivity (Wildman–Crippen MR) is 76.6 cm³/mol. The van der Waals surface area contributed by atoms with Crippen LogP contribution in [-0.2, 0) is 16.0 Å². The molecule has 1 aromatic heterocycles. The molecule has 0 atom stereocenters. The number of carbonyl (C=O) groups is 1. The maximum absolute atomic E-state index is 11.6. The molecule has 3 nitrogen and oxygen atoms in total. The third kappa shape index (κ3) is 3.35. The number of rotatable bonds is 5. The fourth-order valence-corrected chi connectivity index (χ4v) is 2.77. The van der Waals surface area contributed by atoms with Crippen LogP contribution in [0.5, 0.6) is 5.75 Å². The van der Waals surface area contributed by atoms with Crippen LogP contribution in [0.2, 0.25) is 0 Å². The summed E-state index contributed by atoms with van der Waals surface area (Å²) in [6, 6.07) is 9.81. The van der Waals surface area contributed by atoms with Crippen molar-refractivity contribution in [2.24, 2.45) is 0 Å². The molecular weight excluding hydrogens is 260 g/mol. The number of benzene rings is 1. The van der Waals surface area contributed by atoms with Gasteiger partial charge in [0.1, 0.15) is 5.75 Å². The predicted octanol–water partition coefficient (Wildman–Crippen LogP) is 3.53. The fourth-order valence-electron chi connectivity index (χ4n) is 1.84. The molecule has 2 rings (SSSR count). The van der Waals surface area contributed by atoms with E-state index in [1.54, 1.807) is 18.4 Å². The molecule has 4 heteroatoms. The summed E-state index contributed by atoms with van der Waals surface area (Å²) < 4.78 is 10.1. The molecule has 0 spiro atoms. The van der Waals surface area contributed by atoms with Crippen LogP contribution in [-0.4, -0.2) is 19.7 Å². The summed E-state index contributed by atoms with van der Waals surface area (Å²) in [5.74, 6) is 0.642. The largest absolute Gasteiger partial charge is 0.497 e. The van der Waals surface area contributed by atoms with E-state index in [-0.39, 0.29) is 5.97 Å². The van der Waals surface area contributed by atoms with Crippen LogP contribution in [0.3, 0.4) is 0 Å². The first-order valence-electron chi connectivity index (χ1n) is 6.11. The molecular formula is C15H16O3S. The van der Waals surface area contributed by atoms with Crippen molar-refractivity contribution >= 4 is 17.3 Å². The highest BCUT2D eigenvalue weighted by atomic mass is 32.1. The van der Waals surface area contributed by atoms with Crippen LogP contribution < -0.4 is 4.74 Å². The minimum absolute atomic E-state index is 0.185. The average molecular weight is 276 g/mol. The first kappa shape index (κ1) is 13.6. The standard InChI is InChI=1S/C15H16O3S/c1-3-18-14(16)10-12-8-9-19-15(12)11-4-6-13(17-2)7-5-11/h4-9H,3,10H2,1-2H3. The van der Waals surface area contributed by atoms with Gasteiger partial charge in [-0.15, -0.1) is 11.3 Å². The number of carbonyl (C=O) groups excluding carboxylic acids is 1. The highest BCUT2D eigenvalue weighted by Gasteiger charge is 2.11. The number of hydrogen-bond acceptors (Lipinski definition) is 4. The first-order valence-corrected chi connectivity index (χ1v) is 6.99. The van der Waals surface area contributed by atoms with Gasteiger partial charge in [0.05, 0.1) is 20.1 Å². The van der Waals surface area contributed by atoms with E-state index in [0.717, 1.165) is 21.8 Å². The smallest absolute Gasteiger partial charge is 0.310 e. The van der Waals surface area contributed by atoms with Crippen molar-refractivity contribution in [3.8, 4) is 16.2 Å². The van der Waals surface area contributed by atoms with Gasteiger partial charge in [-0.3, -0.25) is 4.79 Å². The quantitative estimate of drug-likeness (QED) is 0.784. The Morgan fingerprint density at radius 3 is 2.58 bits per heavy atom. The Balaban J connectivity index is 2.20. The normalized spacial score (nSPS) is 10.2. The van der Waals surface area contributed by atoms with Gasteiger partial charge in [-0.1, -0.05) is 0 Å². The SMILES string of the molecule is CCOC(=O)Cc1ccsc1-c1ccc(OC)cc1. The van der Waals surface area contributed by atoms with Crippen molar-refractivity contribution in [1.82, 2.24) is 0 Å². The number of methoxy groups -OCH3 is 1. The van der Waals surface area contributed by atoms with Gasteiger partial charge < -0.3 is 9.47 Å². The van der Waals surface area contributed by atoms with E-state index in [4.69, 9.17) is 9.47 Å². The third-order valence-corrected chi connectivity index (χ3v) is 3.74. The zero-order chi connectivity index (χ0) is 13.7. The van der Waals surface area contributed by atoms with Crippen molar-refractivity contribution in [3.63, 3.8) is 0 Å². The van der Waals surface area contributed by atoms with E-state index in [1.807, 2.05) is 42.6 Å². The second-order valence-electron chi connectivity index (χ2n) is 3.99. The molecule has 0 fully saturated rings. The second kappa shape index (κ2) is 6.38. The molecule has 0 saturated heterocycles. The molecule has 0 amide bonds. The highest BCUT2D eigenvalue weighted by Crippen LogP contribution is 2.31. The Bertz CT molecular complexity index is 543. The summed E-state index contributed by atoms with van der Waals surface area (Å²) >= 11 is 1.63. The molecule has 0 aliphatic heterocycles. The lowest BCUT2D eigenvalue weighted by molar-refractivity contribution is -0.142. The summed E-state index contributed by atoms with van der Waals surface area (Å²) in [6.07, 6.45) is 0.318. The Morgan fingerprint density at radius 1 is 1.21 bits per heavy atom. The molecule has 0 unspecified atom stereocenters. The molecule has 2 aromatic rings. The van der Waals surface area contributed by atoms with Gasteiger partial charge in [-0.25, -0.2) is 0 Å². The van der Waals surface area contributed by atoms with Crippen molar-refractivity contribution < 1.29 is 14.3 Å². The maximum Gasteiger partial charge on any atom is 0.310 e. The number of esters is 1. The van der Waals surface area contributed by atoms with Crippen molar-refractivity contribution in [1.29, 1.82) is 0 Å². The van der Waals surface area contributed by atoms with Crippen LogP contribution in [0.15, 0.2) is 35.7 Å². The zero-order valence-corrected chi connectivity index (χ0v) is 11.8. The van der Waals surface area contributed by atoms with Gasteiger partial charge in [-0.05, 0) is 53.8 Å². The topological polar surface area (TPSA) is 35.5 Å². The van der Waals surface area contributed by atoms with Crippen LogP contribution in [0.1, 0.15) is 12.5 Å². The van der Waals surface area contributed by atoms with Crippen molar-refractivity contribution in [2.75, 3.05) is 13.7 Å². The van der Waals surface area contributed by atoms with Crippen LogP contribution in [0.25, 0.3) is 10.4 Å². The Hall–Kier alpha value is -1.81. The van der Waals surface area contributed by atoms with Crippen molar-refractivity contribution in [3.05, 3.63) is 41.3 Å². The lowest BCUT2D eigenvalue weighted by atomic mass is 10.1. The van der Waals surface area contributed by atoms with Gasteiger partial charge in [0, 0.05) is 4.88 Å². The summed E-state index contributed by atoms with van der Waals surface area (Å²) in [5, 5.41) is 1.99. The van der Waals surface area contributed by atoms with Crippen LogP contribution in [0, 0.1) is 0 Å². The van der Waals surface area contributed by atoms with Crippen LogP contribution in [0.4, 0.5) is 0 Å². The molecule has 100 valence electrons. The second-order valence-corrected chi connectivity index (χ2v) is 4.90. The molecule has 0 bridgehead atoms. The molecule has 0 N–H and O–H groups in total. The van der Waals surface area contributed by atoms with Gasteiger partial charge in [-0.2, -0.15) is 0 Å². The van der Waals surface area contributed by atoms with Gasteiger partial charge in [0.25, 0.3) is 0 Å². The lowest BCUT2D eigenvalue weighted by Gasteiger charge is -2.05. The van der Waals surface area contributed by atoms with E-state index >= 15 is 0 Å². The minimum Gasteiger partial charge on any atom is -0.497 e. The molecule has 1 aromatic carbocycles. The maximum atomic E-state index is 11.6. The molecule has 0 aliphatic rings. The third-order valence-electron chi connectivity index (χ3n) is 2.74. The average Bonchev–Trinajstić information content (AvgIpc) is 2.87. The number of hydrogen-bond donors (Lipinski definition) is 0. The fraction of sp³-hybridized carbons (Fsp3) is 0.267. The van der Waals surface area contributed by atoms with E-state index in [1.165, 1.54) is 0 Å². The van der Waals surface area contributed by atoms with E-state index in [2.05, 4.69) is 0 Å². The molecule has 0 radical (unpaired) electrons. The monoisotopic (exact) mass is 276 g/mol. The lowest BCUT2D eigenvalue weighted by Crippen LogP contribution is -2.07. The van der Waals surface area contributed by atoms with E-state index < -0.39 is 0 Å². The minimum atomic E-state index is -0.185. The number of ether oxygens (including phenoxy) is 2. The van der Waals surface area contributed by atoms with Gasteiger partial charge >= 0.3 is 5.97 Å². The molecule has 0 saturated carbocycles. The zero-order valence-electron chi connectivity index (χ0n) is 11.0. The summed E-state index contributed by atoms with van der Waals surface area (Å²) in [5.41, 5.74) is 2.10. The Labute approximate surface area is 116 Å². The van der Waals surface area contributed by atoms with Gasteiger partial charge in [0.15, 0.2) is 0 Å². The Kier molecular flexibility index (Phi) is 4.58. The Morgan fingerprint density at radius 2 is 1.95 bits per heavy atom. The first-order chi connectivity index (χ1) is 9.24. The van der Waals surface area contributed by atoms with E-state index in [0.29, 0.717) is 13.0 Å². The molecule has 0 aliphatic carbocycles. The molecule has 1 heterocycles. The van der Waals surface area contributed by atoms with Crippen LogP contribution >= 0.6 is 11.3 Å². The molecule has 19 heavy (non-hydrogen) atoms. The summed E-state index contributed by atoms with van der Waals surface area (Å²) in [7, 11) is 1.65. The highest BCUT2D eigenvalue weighted by molar-refractivity contribution is 7.13. The van der Waals surface area contributed by atoms with Gasteiger partial charge in [0.2, 0.25) is 0 Å². The van der Waals surface area contributed by atoms with E-state index in [9.17, 15) is 4.79 Å². The van der Waals surface area contributed by atoms with Crippen molar-refractivity contribution in [2.45, 2.75) is 13.3 Å². The summed E-state index contributed by atoms with van der Waals surface area (Å²) in [4.78, 5) is 12.7. The summed E-state index contributed by atoms with van der Waals surface area (Å²) in [6.45, 7) is 2.23. The number of thiophene rings is 1.